The van der Waals surface area contributed by atoms with E-state index in [-0.39, 0.29) is 0 Å². The zero-order valence-corrected chi connectivity index (χ0v) is 10.6. The van der Waals surface area contributed by atoms with Gasteiger partial charge in [0.05, 0.1) is 0 Å². The largest absolute Gasteiger partial charge is 0.298 e. The van der Waals surface area contributed by atoms with Crippen molar-refractivity contribution in [2.75, 3.05) is 13.1 Å². The van der Waals surface area contributed by atoms with Crippen molar-refractivity contribution >= 4 is 0 Å². The first-order valence-corrected chi connectivity index (χ1v) is 6.19. The summed E-state index contributed by atoms with van der Waals surface area (Å²) in [6, 6.07) is 4.22. The summed E-state index contributed by atoms with van der Waals surface area (Å²) in [4.78, 5) is 6.77. The Morgan fingerprint density at radius 3 is 2.81 bits per heavy atom. The van der Waals surface area contributed by atoms with E-state index in [1.165, 1.54) is 31.5 Å². The highest BCUT2D eigenvalue weighted by molar-refractivity contribution is 5.10. The van der Waals surface area contributed by atoms with Gasteiger partial charge in [0.2, 0.25) is 0 Å². The summed E-state index contributed by atoms with van der Waals surface area (Å²) in [5, 5.41) is 0. The third-order valence-corrected chi connectivity index (χ3v) is 3.48. The number of pyridine rings is 1. The van der Waals surface area contributed by atoms with Crippen molar-refractivity contribution in [3.05, 3.63) is 30.1 Å². The standard InChI is InChI=1S/C14H22N2/c1-14(2,3)16-8-6-13(11-16)9-12-5-4-7-15-10-12/h4-5,7,10,13H,6,8-9,11H2,1-3H3. The molecule has 2 nitrogen and oxygen atoms in total. The van der Waals surface area contributed by atoms with Crippen molar-refractivity contribution in [1.29, 1.82) is 0 Å². The van der Waals surface area contributed by atoms with Crippen LogP contribution in [0.25, 0.3) is 0 Å². The van der Waals surface area contributed by atoms with Crippen LogP contribution >= 0.6 is 0 Å². The quantitative estimate of drug-likeness (QED) is 0.759. The SMILES string of the molecule is CC(C)(C)N1CCC(Cc2cccnc2)C1. The third kappa shape index (κ3) is 2.82. The maximum absolute atomic E-state index is 4.18. The molecule has 0 spiro atoms. The van der Waals surface area contributed by atoms with E-state index >= 15 is 0 Å². The molecule has 1 saturated heterocycles. The Morgan fingerprint density at radius 1 is 1.44 bits per heavy atom. The summed E-state index contributed by atoms with van der Waals surface area (Å²) in [6.45, 7) is 9.39. The van der Waals surface area contributed by atoms with Gasteiger partial charge in [-0.25, -0.2) is 0 Å². The van der Waals surface area contributed by atoms with Crippen LogP contribution in [0.5, 0.6) is 0 Å². The Morgan fingerprint density at radius 2 is 2.25 bits per heavy atom. The Labute approximate surface area is 98.7 Å². The molecule has 1 unspecified atom stereocenters. The normalized spacial score (nSPS) is 22.6. The molecule has 0 saturated carbocycles. The highest BCUT2D eigenvalue weighted by Crippen LogP contribution is 2.26. The second-order valence-electron chi connectivity index (χ2n) is 5.84. The average molecular weight is 218 g/mol. The lowest BCUT2D eigenvalue weighted by Crippen LogP contribution is -2.39. The number of aromatic nitrogens is 1. The summed E-state index contributed by atoms with van der Waals surface area (Å²) in [5.74, 6) is 0.809. The van der Waals surface area contributed by atoms with Crippen molar-refractivity contribution < 1.29 is 0 Å². The van der Waals surface area contributed by atoms with Gasteiger partial charge in [-0.1, -0.05) is 6.07 Å². The van der Waals surface area contributed by atoms with Gasteiger partial charge in [-0.15, -0.1) is 0 Å². The second kappa shape index (κ2) is 4.54. The summed E-state index contributed by atoms with van der Waals surface area (Å²) in [6.07, 6.45) is 6.35. The molecule has 1 aliphatic rings. The molecule has 0 bridgehead atoms. The van der Waals surface area contributed by atoms with Crippen molar-refractivity contribution in [2.45, 2.75) is 39.2 Å². The minimum atomic E-state index is 0.323. The molecule has 2 heterocycles. The monoisotopic (exact) mass is 218 g/mol. The molecule has 2 rings (SSSR count). The van der Waals surface area contributed by atoms with Crippen LogP contribution in [-0.4, -0.2) is 28.5 Å². The van der Waals surface area contributed by atoms with Crippen LogP contribution in [0.2, 0.25) is 0 Å². The van der Waals surface area contributed by atoms with Crippen LogP contribution in [0.1, 0.15) is 32.8 Å². The molecule has 1 aromatic rings. The van der Waals surface area contributed by atoms with Gasteiger partial charge in [0, 0.05) is 24.5 Å². The van der Waals surface area contributed by atoms with Gasteiger partial charge < -0.3 is 0 Å². The zero-order valence-electron chi connectivity index (χ0n) is 10.6. The Kier molecular flexibility index (Phi) is 3.29. The van der Waals surface area contributed by atoms with Crippen molar-refractivity contribution in [3.8, 4) is 0 Å². The van der Waals surface area contributed by atoms with Crippen LogP contribution in [0.15, 0.2) is 24.5 Å². The summed E-state index contributed by atoms with van der Waals surface area (Å²) in [7, 11) is 0. The molecule has 1 fully saturated rings. The lowest BCUT2D eigenvalue weighted by Gasteiger charge is -2.31. The van der Waals surface area contributed by atoms with Crippen molar-refractivity contribution in [2.24, 2.45) is 5.92 Å². The van der Waals surface area contributed by atoms with Gasteiger partial charge in [-0.05, 0) is 57.7 Å². The van der Waals surface area contributed by atoms with E-state index < -0.39 is 0 Å². The molecule has 1 atom stereocenters. The van der Waals surface area contributed by atoms with Gasteiger partial charge in [0.1, 0.15) is 0 Å². The van der Waals surface area contributed by atoms with Gasteiger partial charge in [-0.2, -0.15) is 0 Å². The number of rotatable bonds is 2. The van der Waals surface area contributed by atoms with E-state index in [1.54, 1.807) is 0 Å². The first kappa shape index (κ1) is 11.6. The van der Waals surface area contributed by atoms with Crippen LogP contribution in [0.3, 0.4) is 0 Å². The van der Waals surface area contributed by atoms with Gasteiger partial charge in [-0.3, -0.25) is 9.88 Å². The van der Waals surface area contributed by atoms with E-state index in [1.807, 2.05) is 18.5 Å². The third-order valence-electron chi connectivity index (χ3n) is 3.48. The van der Waals surface area contributed by atoms with Crippen molar-refractivity contribution in [1.82, 2.24) is 9.88 Å². The van der Waals surface area contributed by atoms with Gasteiger partial charge in [0.25, 0.3) is 0 Å². The smallest absolute Gasteiger partial charge is 0.0299 e. The van der Waals surface area contributed by atoms with E-state index in [2.05, 4.69) is 36.7 Å². The Hall–Kier alpha value is -0.890. The minimum Gasteiger partial charge on any atom is -0.298 e. The van der Waals surface area contributed by atoms with Crippen LogP contribution in [0, 0.1) is 5.92 Å². The molecule has 0 aromatic carbocycles. The van der Waals surface area contributed by atoms with Gasteiger partial charge in [0.15, 0.2) is 0 Å². The highest BCUT2D eigenvalue weighted by atomic mass is 15.2. The lowest BCUT2D eigenvalue weighted by molar-refractivity contribution is 0.168. The lowest BCUT2D eigenvalue weighted by atomic mass is 10.00. The molecular formula is C14H22N2. The minimum absolute atomic E-state index is 0.323. The van der Waals surface area contributed by atoms with E-state index in [0.717, 1.165) is 5.92 Å². The zero-order chi connectivity index (χ0) is 11.6. The van der Waals surface area contributed by atoms with Gasteiger partial charge >= 0.3 is 0 Å². The molecule has 16 heavy (non-hydrogen) atoms. The second-order valence-corrected chi connectivity index (χ2v) is 5.84. The van der Waals surface area contributed by atoms with Crippen LogP contribution in [0.4, 0.5) is 0 Å². The maximum atomic E-state index is 4.18. The fraction of sp³-hybridized carbons (Fsp3) is 0.643. The molecule has 1 aliphatic heterocycles. The predicted molar refractivity (Wildman–Crippen MR) is 67.4 cm³/mol. The molecule has 2 heteroatoms. The predicted octanol–water partition coefficient (Wildman–Crippen LogP) is 2.74. The number of likely N-dealkylation sites (tertiary alicyclic amines) is 1. The van der Waals surface area contributed by atoms with E-state index in [0.29, 0.717) is 5.54 Å². The summed E-state index contributed by atoms with van der Waals surface area (Å²) in [5.41, 5.74) is 1.70. The molecule has 0 N–H and O–H groups in total. The molecule has 88 valence electrons. The fourth-order valence-corrected chi connectivity index (χ4v) is 2.46. The number of hydrogen-bond donors (Lipinski definition) is 0. The molecule has 0 amide bonds. The Bertz CT molecular complexity index is 326. The molecule has 1 aromatic heterocycles. The van der Waals surface area contributed by atoms with E-state index in [9.17, 15) is 0 Å². The topological polar surface area (TPSA) is 16.1 Å². The number of hydrogen-bond acceptors (Lipinski definition) is 2. The van der Waals surface area contributed by atoms with Crippen LogP contribution in [-0.2, 0) is 6.42 Å². The first-order valence-electron chi connectivity index (χ1n) is 6.19. The highest BCUT2D eigenvalue weighted by Gasteiger charge is 2.29. The summed E-state index contributed by atoms with van der Waals surface area (Å²) < 4.78 is 0. The summed E-state index contributed by atoms with van der Waals surface area (Å²) >= 11 is 0. The maximum Gasteiger partial charge on any atom is 0.0299 e. The van der Waals surface area contributed by atoms with Crippen molar-refractivity contribution in [3.63, 3.8) is 0 Å². The Balaban J connectivity index is 1.91. The fourth-order valence-electron chi connectivity index (χ4n) is 2.46. The average Bonchev–Trinajstić information content (AvgIpc) is 2.67. The molecular weight excluding hydrogens is 196 g/mol. The number of nitrogens with zero attached hydrogens (tertiary/aromatic N) is 2. The van der Waals surface area contributed by atoms with E-state index in [4.69, 9.17) is 0 Å². The van der Waals surface area contributed by atoms with Crippen LogP contribution < -0.4 is 0 Å². The molecule has 0 aliphatic carbocycles. The molecule has 0 radical (unpaired) electrons. The first-order chi connectivity index (χ1) is 7.55.